The van der Waals surface area contributed by atoms with Crippen LogP contribution < -0.4 is 18.9 Å². The van der Waals surface area contributed by atoms with Crippen molar-refractivity contribution in [3.8, 4) is 0 Å². The van der Waals surface area contributed by atoms with Crippen molar-refractivity contribution >= 4 is 20.0 Å². The van der Waals surface area contributed by atoms with Crippen molar-refractivity contribution in [2.24, 2.45) is 0 Å². The molecule has 0 aromatic carbocycles. The van der Waals surface area contributed by atoms with E-state index in [2.05, 4.69) is 0 Å². The van der Waals surface area contributed by atoms with Crippen molar-refractivity contribution in [3.63, 3.8) is 0 Å². The van der Waals surface area contributed by atoms with Crippen molar-refractivity contribution in [3.05, 3.63) is 0 Å². The molecule has 0 rings (SSSR count). The average molecular weight is 439 g/mol. The van der Waals surface area contributed by atoms with Gasteiger partial charge in [-0.1, -0.05) is 0 Å². The molecule has 0 radical (unpaired) electrons. The summed E-state index contributed by atoms with van der Waals surface area (Å²) in [6.07, 6.45) is -12.9. The molecule has 0 heterocycles. The molecule has 0 amide bonds. The first-order valence-electron chi connectivity index (χ1n) is 4.54. The van der Waals surface area contributed by atoms with E-state index in [0.717, 1.165) is 0 Å². The Labute approximate surface area is 143 Å². The van der Waals surface area contributed by atoms with Gasteiger partial charge in [-0.3, -0.25) is 0 Å². The minimum atomic E-state index is -8.31. The van der Waals surface area contributed by atoms with Gasteiger partial charge < -0.3 is 1.43 Å². The standard InChI is InChI=1S/C5HF12NO4S2.Li.H/c6-1(7)2(8,9)4(13,14)23(19,20)18(17)24(21,22)5(15,16)3(10,11)12;;/h1H;;/q;+1;-1. The van der Waals surface area contributed by atoms with E-state index in [1.165, 1.54) is 0 Å². The zero-order chi connectivity index (χ0) is 20.2. The number of alkyl halides is 11. The van der Waals surface area contributed by atoms with Gasteiger partial charge in [-0.2, -0.15) is 39.5 Å². The van der Waals surface area contributed by atoms with Crippen LogP contribution in [-0.2, 0) is 20.0 Å². The number of nitrogens with zero attached hydrogens (tertiary/aromatic N) is 1. The van der Waals surface area contributed by atoms with Crippen LogP contribution in [0.2, 0.25) is 0 Å². The maximum Gasteiger partial charge on any atom is 1.00 e. The molecule has 0 aromatic rings. The third-order valence-electron chi connectivity index (χ3n) is 2.02. The molecule has 0 aliphatic carbocycles. The van der Waals surface area contributed by atoms with Crippen LogP contribution in [-0.4, -0.2) is 49.8 Å². The van der Waals surface area contributed by atoms with Gasteiger partial charge in [-0.25, -0.2) is 25.6 Å². The maximum atomic E-state index is 12.9. The predicted molar refractivity (Wildman–Crippen MR) is 48.8 cm³/mol. The fourth-order valence-corrected chi connectivity index (χ4v) is 3.44. The number of rotatable bonds is 6. The molecule has 0 unspecified atom stereocenters. The second-order valence-corrected chi connectivity index (χ2v) is 7.42. The molecule has 0 saturated heterocycles. The Kier molecular flexibility index (Phi) is 7.49. The Morgan fingerprint density at radius 3 is 1.24 bits per heavy atom. The van der Waals surface area contributed by atoms with Gasteiger partial charge in [0.15, 0.2) is 0 Å². The van der Waals surface area contributed by atoms with E-state index in [1.54, 1.807) is 0 Å². The molecule has 5 nitrogen and oxygen atoms in total. The third kappa shape index (κ3) is 3.84. The van der Waals surface area contributed by atoms with E-state index in [0.29, 0.717) is 0 Å². The predicted octanol–water partition coefficient (Wildman–Crippen LogP) is -0.403. The zero-order valence-electron chi connectivity index (χ0n) is 12.0. The van der Waals surface area contributed by atoms with Crippen molar-refractivity contribution in [2.45, 2.75) is 29.0 Å². The van der Waals surface area contributed by atoms with Crippen molar-refractivity contribution in [2.75, 3.05) is 0 Å². The molecule has 0 aromatic heterocycles. The minimum absolute atomic E-state index is 0. The molecule has 0 spiro atoms. The summed E-state index contributed by atoms with van der Waals surface area (Å²) in [6, 6.07) is 0. The van der Waals surface area contributed by atoms with Crippen LogP contribution in [0.15, 0.2) is 0 Å². The largest absolute Gasteiger partial charge is 1.00 e. The second kappa shape index (κ2) is 6.98. The van der Waals surface area contributed by atoms with Gasteiger partial charge in [-0.15, -0.1) is 4.48 Å². The smallest absolute Gasteiger partial charge is 1.00 e. The topological polar surface area (TPSA) is 71.5 Å². The molecular formula is C5H2F12LiNO4S2. The molecular weight excluding hydrogens is 437 g/mol. The van der Waals surface area contributed by atoms with Crippen LogP contribution in [0.1, 0.15) is 1.43 Å². The van der Waals surface area contributed by atoms with Crippen LogP contribution in [0, 0.1) is 0 Å². The number of hydrogen-bond acceptors (Lipinski definition) is 4. The fourth-order valence-electron chi connectivity index (χ4n) is 0.755. The molecule has 0 aliphatic rings. The summed E-state index contributed by atoms with van der Waals surface area (Å²) in [5.74, 6) is -7.04. The first-order chi connectivity index (χ1) is 10.1. The molecule has 25 heavy (non-hydrogen) atoms. The van der Waals surface area contributed by atoms with Crippen LogP contribution in [0.5, 0.6) is 0 Å². The van der Waals surface area contributed by atoms with Gasteiger partial charge in [-0.05, 0) is 0 Å². The summed E-state index contributed by atoms with van der Waals surface area (Å²) >= 11 is 0. The van der Waals surface area contributed by atoms with Gasteiger partial charge in [0.25, 0.3) is 0 Å². The fraction of sp³-hybridized carbons (Fsp3) is 1.00. The summed E-state index contributed by atoms with van der Waals surface area (Å²) in [5.41, 5.74) is 0. The van der Waals surface area contributed by atoms with Gasteiger partial charge in [0.2, 0.25) is 0 Å². The average Bonchev–Trinajstić information content (AvgIpc) is 2.35. The Morgan fingerprint density at radius 1 is 0.720 bits per heavy atom. The van der Waals surface area contributed by atoms with Crippen LogP contribution >= 0.6 is 0 Å². The van der Waals surface area contributed by atoms with E-state index in [-0.39, 0.29) is 20.3 Å². The van der Waals surface area contributed by atoms with E-state index < -0.39 is 53.0 Å². The summed E-state index contributed by atoms with van der Waals surface area (Å²) in [5, 5.41) is -14.8. The Hall–Kier alpha value is -0.383. The van der Waals surface area contributed by atoms with Crippen molar-refractivity contribution in [1.82, 2.24) is 3.93 Å². The number of hydrogen-bond donors (Lipinski definition) is 0. The summed E-state index contributed by atoms with van der Waals surface area (Å²) in [6.45, 7) is 0. The zero-order valence-corrected chi connectivity index (χ0v) is 12.6. The number of halogens is 12. The van der Waals surface area contributed by atoms with Crippen LogP contribution in [0.3, 0.4) is 0 Å². The normalized spacial score (nSPS) is 15.4. The summed E-state index contributed by atoms with van der Waals surface area (Å²) < 4.78 is 185. The van der Waals surface area contributed by atoms with Gasteiger partial charge in [0.05, 0.1) is 3.93 Å². The summed E-state index contributed by atoms with van der Waals surface area (Å²) in [7, 11) is -16.6. The Bertz CT molecular complexity index is 691. The second-order valence-electron chi connectivity index (χ2n) is 3.62. The van der Waals surface area contributed by atoms with Crippen molar-refractivity contribution in [1.29, 1.82) is 0 Å². The first-order valence-corrected chi connectivity index (χ1v) is 7.42. The van der Waals surface area contributed by atoms with E-state index in [9.17, 15) is 69.6 Å². The Balaban J connectivity index is -0.00000264. The Morgan fingerprint density at radius 2 is 1.00 bits per heavy atom. The maximum absolute atomic E-state index is 12.9. The summed E-state index contributed by atoms with van der Waals surface area (Å²) in [4.78, 5) is 0. The van der Waals surface area contributed by atoms with Gasteiger partial charge in [0, 0.05) is 0 Å². The van der Waals surface area contributed by atoms with Crippen LogP contribution in [0.25, 0.3) is 0 Å². The SMILES string of the molecule is O=S(=O)(N(F)S(=O)(=O)C(F)(F)C(F)(F)C(F)F)C(F)(F)C(F)(F)F.[H-].[Li+]. The molecule has 20 heteroatoms. The number of sulfonamides is 2. The van der Waals surface area contributed by atoms with Gasteiger partial charge >= 0.3 is 67.9 Å². The molecule has 0 saturated carbocycles. The monoisotopic (exact) mass is 439 g/mol. The molecule has 0 fully saturated rings. The molecule has 0 atom stereocenters. The molecule has 148 valence electrons. The van der Waals surface area contributed by atoms with E-state index in [4.69, 9.17) is 0 Å². The van der Waals surface area contributed by atoms with E-state index >= 15 is 0 Å². The van der Waals surface area contributed by atoms with Crippen LogP contribution in [0.4, 0.5) is 52.8 Å². The van der Waals surface area contributed by atoms with E-state index in [1.807, 2.05) is 0 Å². The van der Waals surface area contributed by atoms with Crippen molar-refractivity contribution < 1.29 is 89.9 Å². The quantitative estimate of drug-likeness (QED) is 0.321. The molecule has 0 aliphatic heterocycles. The molecule has 0 bridgehead atoms. The first kappa shape index (κ1) is 26.8. The van der Waals surface area contributed by atoms with Gasteiger partial charge in [0.1, 0.15) is 0 Å². The third-order valence-corrected chi connectivity index (χ3v) is 5.75. The minimum Gasteiger partial charge on any atom is -1.00 e. The molecule has 0 N–H and O–H groups in total.